The van der Waals surface area contributed by atoms with Crippen molar-refractivity contribution in [1.82, 2.24) is 4.90 Å². The Morgan fingerprint density at radius 3 is 2.29 bits per heavy atom. The number of nitrogens with zero attached hydrogens (tertiary/aromatic N) is 3. The van der Waals surface area contributed by atoms with Crippen LogP contribution >= 0.6 is 0 Å². The summed E-state index contributed by atoms with van der Waals surface area (Å²) in [6.07, 6.45) is 0. The summed E-state index contributed by atoms with van der Waals surface area (Å²) in [4.78, 5) is 36.0. The van der Waals surface area contributed by atoms with Crippen LogP contribution in [0, 0.1) is 10.1 Å². The summed E-state index contributed by atoms with van der Waals surface area (Å²) in [6, 6.07) is 3.05. The summed E-state index contributed by atoms with van der Waals surface area (Å²) >= 11 is 0. The molecule has 0 bridgehead atoms. The summed E-state index contributed by atoms with van der Waals surface area (Å²) in [5.74, 6) is -1.46. The number of carbonyl (C=O) groups is 2. The molecule has 1 unspecified atom stereocenters. The summed E-state index contributed by atoms with van der Waals surface area (Å²) in [6.45, 7) is 1.42. The molecule has 8 heteroatoms. The van der Waals surface area contributed by atoms with Crippen molar-refractivity contribution >= 4 is 23.3 Å². The summed E-state index contributed by atoms with van der Waals surface area (Å²) in [5.41, 5.74) is 0.00957. The van der Waals surface area contributed by atoms with Crippen LogP contribution in [-0.2, 0) is 4.79 Å². The van der Waals surface area contributed by atoms with Crippen molar-refractivity contribution in [2.75, 3.05) is 26.0 Å². The van der Waals surface area contributed by atoms with Crippen molar-refractivity contribution in [3.8, 4) is 0 Å². The molecule has 0 radical (unpaired) electrons. The number of benzene rings is 1. The Bertz CT molecular complexity index is 585. The average Bonchev–Trinajstić information content (AvgIpc) is 2.43. The molecule has 0 aromatic heterocycles. The number of nitro groups is 1. The molecule has 0 saturated carbocycles. The van der Waals surface area contributed by atoms with Crippen LogP contribution in [0.25, 0.3) is 0 Å². The lowest BCUT2D eigenvalue weighted by molar-refractivity contribution is -0.384. The number of carboxylic acids is 1. The Labute approximate surface area is 121 Å². The van der Waals surface area contributed by atoms with Crippen LogP contribution in [0.4, 0.5) is 11.4 Å². The first-order valence-electron chi connectivity index (χ1n) is 6.12. The second-order valence-electron chi connectivity index (χ2n) is 4.79. The second-order valence-corrected chi connectivity index (χ2v) is 4.79. The minimum absolute atomic E-state index is 0.144. The van der Waals surface area contributed by atoms with Gasteiger partial charge in [0, 0.05) is 32.8 Å². The number of aliphatic carboxylic acids is 1. The van der Waals surface area contributed by atoms with Gasteiger partial charge < -0.3 is 14.9 Å². The van der Waals surface area contributed by atoms with Crippen molar-refractivity contribution in [3.05, 3.63) is 33.9 Å². The fourth-order valence-electron chi connectivity index (χ4n) is 1.73. The Balaban J connectivity index is 3.32. The van der Waals surface area contributed by atoms with Crippen molar-refractivity contribution in [1.29, 1.82) is 0 Å². The van der Waals surface area contributed by atoms with Crippen molar-refractivity contribution < 1.29 is 19.6 Å². The first-order valence-corrected chi connectivity index (χ1v) is 6.12. The van der Waals surface area contributed by atoms with Gasteiger partial charge in [-0.15, -0.1) is 0 Å². The molecule has 0 aliphatic heterocycles. The molecule has 1 N–H and O–H groups in total. The highest BCUT2D eigenvalue weighted by Gasteiger charge is 2.25. The van der Waals surface area contributed by atoms with E-state index in [-0.39, 0.29) is 22.8 Å². The van der Waals surface area contributed by atoms with Crippen LogP contribution in [0.5, 0.6) is 0 Å². The van der Waals surface area contributed by atoms with E-state index in [0.717, 1.165) is 6.07 Å². The third-order valence-corrected chi connectivity index (χ3v) is 3.14. The molecule has 0 spiro atoms. The number of amides is 1. The highest BCUT2D eigenvalue weighted by atomic mass is 16.6. The summed E-state index contributed by atoms with van der Waals surface area (Å²) in [7, 11) is 4.54. The molecule has 1 aromatic carbocycles. The van der Waals surface area contributed by atoms with E-state index in [2.05, 4.69) is 0 Å². The number of anilines is 1. The molecule has 1 atom stereocenters. The second kappa shape index (κ2) is 6.21. The molecule has 114 valence electrons. The average molecular weight is 295 g/mol. The number of likely N-dealkylation sites (N-methyl/N-ethyl adjacent to an activating group) is 1. The number of carbonyl (C=O) groups excluding carboxylic acids is 1. The Kier molecular flexibility index (Phi) is 4.85. The van der Waals surface area contributed by atoms with Crippen molar-refractivity contribution in [2.24, 2.45) is 0 Å². The van der Waals surface area contributed by atoms with Crippen molar-refractivity contribution in [2.45, 2.75) is 13.0 Å². The van der Waals surface area contributed by atoms with Crippen LogP contribution in [0.1, 0.15) is 17.3 Å². The van der Waals surface area contributed by atoms with Gasteiger partial charge in [0.25, 0.3) is 11.6 Å². The number of carboxylic acid groups (broad SMARTS) is 1. The van der Waals surface area contributed by atoms with E-state index in [1.165, 1.54) is 35.9 Å². The summed E-state index contributed by atoms with van der Waals surface area (Å²) in [5, 5.41) is 20.2. The van der Waals surface area contributed by atoms with E-state index in [0.29, 0.717) is 0 Å². The minimum atomic E-state index is -1.10. The first kappa shape index (κ1) is 16.4. The SMILES string of the molecule is CC(C(=O)O)N(C)c1ccc(C(=O)N(C)C)cc1[N+](=O)[O-]. The Morgan fingerprint density at radius 1 is 1.29 bits per heavy atom. The lowest BCUT2D eigenvalue weighted by Crippen LogP contribution is -2.36. The van der Waals surface area contributed by atoms with Gasteiger partial charge in [0.2, 0.25) is 0 Å². The lowest BCUT2D eigenvalue weighted by atomic mass is 10.1. The van der Waals surface area contributed by atoms with Gasteiger partial charge in [0.05, 0.1) is 4.92 Å². The maximum absolute atomic E-state index is 11.8. The lowest BCUT2D eigenvalue weighted by Gasteiger charge is -2.23. The van der Waals surface area contributed by atoms with E-state index < -0.39 is 16.9 Å². The molecule has 0 heterocycles. The fraction of sp³-hybridized carbons (Fsp3) is 0.385. The van der Waals surface area contributed by atoms with E-state index in [4.69, 9.17) is 5.11 Å². The molecular weight excluding hydrogens is 278 g/mol. The molecule has 0 aliphatic rings. The molecule has 1 amide bonds. The van der Waals surface area contributed by atoms with E-state index in [9.17, 15) is 19.7 Å². The van der Waals surface area contributed by atoms with Crippen molar-refractivity contribution in [3.63, 3.8) is 0 Å². The fourth-order valence-corrected chi connectivity index (χ4v) is 1.73. The van der Waals surface area contributed by atoms with Crippen LogP contribution in [0.2, 0.25) is 0 Å². The maximum atomic E-state index is 11.8. The Hall–Kier alpha value is -2.64. The smallest absolute Gasteiger partial charge is 0.326 e. The predicted molar refractivity (Wildman–Crippen MR) is 76.6 cm³/mol. The molecule has 0 fully saturated rings. The van der Waals surface area contributed by atoms with Crippen LogP contribution in [0.15, 0.2) is 18.2 Å². The Morgan fingerprint density at radius 2 is 1.86 bits per heavy atom. The van der Waals surface area contributed by atoms with Crippen LogP contribution in [0.3, 0.4) is 0 Å². The number of rotatable bonds is 5. The number of hydrogen-bond donors (Lipinski definition) is 1. The van der Waals surface area contributed by atoms with Crippen LogP contribution in [-0.4, -0.2) is 54.0 Å². The zero-order valence-corrected chi connectivity index (χ0v) is 12.2. The van der Waals surface area contributed by atoms with Gasteiger partial charge in [0.1, 0.15) is 11.7 Å². The number of hydrogen-bond acceptors (Lipinski definition) is 5. The largest absolute Gasteiger partial charge is 0.480 e. The van der Waals surface area contributed by atoms with E-state index in [1.54, 1.807) is 14.1 Å². The van der Waals surface area contributed by atoms with Gasteiger partial charge in [0.15, 0.2) is 0 Å². The minimum Gasteiger partial charge on any atom is -0.480 e. The molecule has 1 rings (SSSR count). The third-order valence-electron chi connectivity index (χ3n) is 3.14. The zero-order valence-electron chi connectivity index (χ0n) is 12.2. The molecule has 1 aromatic rings. The zero-order chi connectivity index (χ0) is 16.3. The molecule has 0 saturated heterocycles. The van der Waals surface area contributed by atoms with Gasteiger partial charge in [-0.25, -0.2) is 4.79 Å². The predicted octanol–water partition coefficient (Wildman–Crippen LogP) is 1.21. The van der Waals surface area contributed by atoms with Gasteiger partial charge in [-0.3, -0.25) is 14.9 Å². The molecule has 21 heavy (non-hydrogen) atoms. The van der Waals surface area contributed by atoms with E-state index >= 15 is 0 Å². The van der Waals surface area contributed by atoms with Gasteiger partial charge in [-0.2, -0.15) is 0 Å². The van der Waals surface area contributed by atoms with Gasteiger partial charge >= 0.3 is 5.97 Å². The normalized spacial score (nSPS) is 11.6. The maximum Gasteiger partial charge on any atom is 0.326 e. The molecule has 0 aliphatic carbocycles. The van der Waals surface area contributed by atoms with Gasteiger partial charge in [-0.05, 0) is 19.1 Å². The molecule has 8 nitrogen and oxygen atoms in total. The standard InChI is InChI=1S/C13H17N3O5/c1-8(13(18)19)15(4)10-6-5-9(12(17)14(2)3)7-11(10)16(20)21/h5-8H,1-4H3,(H,18,19). The topological polar surface area (TPSA) is 104 Å². The quantitative estimate of drug-likeness (QED) is 0.646. The molecular formula is C13H17N3O5. The third kappa shape index (κ3) is 3.47. The van der Waals surface area contributed by atoms with E-state index in [1.807, 2.05) is 0 Å². The van der Waals surface area contributed by atoms with Crippen LogP contribution < -0.4 is 4.90 Å². The number of nitro benzene ring substituents is 1. The highest BCUT2D eigenvalue weighted by Crippen LogP contribution is 2.30. The first-order chi connectivity index (χ1) is 9.66. The highest BCUT2D eigenvalue weighted by molar-refractivity contribution is 5.95. The monoisotopic (exact) mass is 295 g/mol. The van der Waals surface area contributed by atoms with Gasteiger partial charge in [-0.1, -0.05) is 0 Å². The summed E-state index contributed by atoms with van der Waals surface area (Å²) < 4.78 is 0.